The second kappa shape index (κ2) is 3.90. The molecule has 0 bridgehead atoms. The summed E-state index contributed by atoms with van der Waals surface area (Å²) in [7, 11) is 0. The van der Waals surface area contributed by atoms with Crippen LogP contribution in [0.3, 0.4) is 0 Å². The number of aromatic nitrogens is 2. The van der Waals surface area contributed by atoms with Crippen molar-refractivity contribution in [3.8, 4) is 0 Å². The number of carbonyl (C=O) groups is 1. The fraction of sp³-hybridized carbons (Fsp3) is 0.500. The Bertz CT molecular complexity index is 267. The summed E-state index contributed by atoms with van der Waals surface area (Å²) < 4.78 is 1.86. The van der Waals surface area contributed by atoms with E-state index >= 15 is 0 Å². The average Bonchev–Trinajstić information content (AvgIpc) is 2.36. The third-order valence-corrected chi connectivity index (χ3v) is 1.63. The summed E-state index contributed by atoms with van der Waals surface area (Å²) in [6, 6.07) is 1.94. The summed E-state index contributed by atoms with van der Waals surface area (Å²) in [4.78, 5) is 10.5. The van der Waals surface area contributed by atoms with Gasteiger partial charge in [0.2, 0.25) is 5.91 Å². The van der Waals surface area contributed by atoms with Crippen LogP contribution in [0.15, 0.2) is 12.3 Å². The Kier molecular flexibility index (Phi) is 2.85. The quantitative estimate of drug-likeness (QED) is 0.705. The van der Waals surface area contributed by atoms with Crippen molar-refractivity contribution >= 4 is 5.91 Å². The topological polar surface area (TPSA) is 46.9 Å². The molecule has 1 rings (SSSR count). The molecule has 1 aromatic heterocycles. The Morgan fingerprint density at radius 1 is 1.75 bits per heavy atom. The van der Waals surface area contributed by atoms with Crippen molar-refractivity contribution in [2.75, 3.05) is 6.54 Å². The molecule has 0 atom stereocenters. The molecule has 1 heterocycles. The molecule has 0 aliphatic heterocycles. The van der Waals surface area contributed by atoms with Gasteiger partial charge in [0, 0.05) is 25.4 Å². The lowest BCUT2D eigenvalue weighted by Gasteiger charge is -2.03. The minimum absolute atomic E-state index is 0.000177. The Morgan fingerprint density at radius 3 is 3.00 bits per heavy atom. The first kappa shape index (κ1) is 8.77. The lowest BCUT2D eigenvalue weighted by atomic mass is 10.5. The number of hydrogen-bond donors (Lipinski definition) is 1. The van der Waals surface area contributed by atoms with Crippen LogP contribution in [0.2, 0.25) is 0 Å². The van der Waals surface area contributed by atoms with Gasteiger partial charge in [-0.25, -0.2) is 0 Å². The molecule has 0 radical (unpaired) electrons. The van der Waals surface area contributed by atoms with Gasteiger partial charge >= 0.3 is 0 Å². The molecule has 0 fully saturated rings. The lowest BCUT2D eigenvalue weighted by molar-refractivity contribution is -0.118. The molecule has 1 aromatic rings. The van der Waals surface area contributed by atoms with Crippen LogP contribution in [-0.4, -0.2) is 22.2 Å². The Balaban J connectivity index is 2.33. The van der Waals surface area contributed by atoms with Crippen molar-refractivity contribution in [1.82, 2.24) is 15.1 Å². The summed E-state index contributed by atoms with van der Waals surface area (Å²) in [5.74, 6) is -0.000177. The number of rotatable bonds is 3. The van der Waals surface area contributed by atoms with Gasteiger partial charge in [-0.1, -0.05) is 0 Å². The first-order valence-electron chi connectivity index (χ1n) is 3.93. The standard InChI is InChI=1S/C8H13N3O/c1-7-3-4-10-11(7)6-5-9-8(2)12/h3-4H,5-6H2,1-2H3,(H,9,12). The van der Waals surface area contributed by atoms with E-state index in [0.29, 0.717) is 6.54 Å². The number of carbonyl (C=O) groups excluding carboxylic acids is 1. The maximum Gasteiger partial charge on any atom is 0.216 e. The highest BCUT2D eigenvalue weighted by Gasteiger charge is 1.96. The molecule has 0 spiro atoms. The highest BCUT2D eigenvalue weighted by atomic mass is 16.1. The maximum atomic E-state index is 10.5. The molecule has 0 aliphatic rings. The largest absolute Gasteiger partial charge is 0.354 e. The van der Waals surface area contributed by atoms with E-state index in [1.54, 1.807) is 6.20 Å². The molecule has 1 amide bonds. The van der Waals surface area contributed by atoms with Gasteiger partial charge in [-0.3, -0.25) is 9.48 Å². The maximum absolute atomic E-state index is 10.5. The van der Waals surface area contributed by atoms with E-state index in [-0.39, 0.29) is 5.91 Å². The van der Waals surface area contributed by atoms with Crippen molar-refractivity contribution in [3.05, 3.63) is 18.0 Å². The Labute approximate surface area is 71.6 Å². The Hall–Kier alpha value is -1.32. The van der Waals surface area contributed by atoms with Crippen molar-refractivity contribution < 1.29 is 4.79 Å². The molecule has 12 heavy (non-hydrogen) atoms. The predicted molar refractivity (Wildman–Crippen MR) is 45.6 cm³/mol. The number of aryl methyl sites for hydroxylation is 1. The molecule has 4 heteroatoms. The van der Waals surface area contributed by atoms with Crippen molar-refractivity contribution in [1.29, 1.82) is 0 Å². The zero-order chi connectivity index (χ0) is 8.97. The van der Waals surface area contributed by atoms with Gasteiger partial charge < -0.3 is 5.32 Å². The summed E-state index contributed by atoms with van der Waals surface area (Å²) >= 11 is 0. The van der Waals surface area contributed by atoms with E-state index in [1.165, 1.54) is 6.92 Å². The van der Waals surface area contributed by atoms with Crippen LogP contribution in [-0.2, 0) is 11.3 Å². The third-order valence-electron chi connectivity index (χ3n) is 1.63. The van der Waals surface area contributed by atoms with Crippen LogP contribution in [0.1, 0.15) is 12.6 Å². The molecule has 1 N–H and O–H groups in total. The molecule has 0 aliphatic carbocycles. The summed E-state index contributed by atoms with van der Waals surface area (Å²) in [6.07, 6.45) is 1.75. The number of amides is 1. The third kappa shape index (κ3) is 2.38. The average molecular weight is 167 g/mol. The van der Waals surface area contributed by atoms with E-state index in [9.17, 15) is 4.79 Å². The molecule has 4 nitrogen and oxygen atoms in total. The van der Waals surface area contributed by atoms with Gasteiger partial charge in [0.05, 0.1) is 6.54 Å². The summed E-state index contributed by atoms with van der Waals surface area (Å²) in [5, 5.41) is 6.79. The zero-order valence-corrected chi connectivity index (χ0v) is 7.37. The van der Waals surface area contributed by atoms with Crippen LogP contribution in [0.25, 0.3) is 0 Å². The number of hydrogen-bond acceptors (Lipinski definition) is 2. The van der Waals surface area contributed by atoms with E-state index in [0.717, 1.165) is 12.2 Å². The van der Waals surface area contributed by atoms with E-state index in [1.807, 2.05) is 17.7 Å². The Morgan fingerprint density at radius 2 is 2.50 bits per heavy atom. The van der Waals surface area contributed by atoms with Gasteiger partial charge in [0.15, 0.2) is 0 Å². The second-order valence-corrected chi connectivity index (χ2v) is 2.68. The van der Waals surface area contributed by atoms with Gasteiger partial charge in [-0.05, 0) is 13.0 Å². The second-order valence-electron chi connectivity index (χ2n) is 2.68. The van der Waals surface area contributed by atoms with E-state index in [4.69, 9.17) is 0 Å². The highest BCUT2D eigenvalue weighted by molar-refractivity contribution is 5.72. The smallest absolute Gasteiger partial charge is 0.216 e. The molecule has 0 saturated heterocycles. The fourth-order valence-corrected chi connectivity index (χ4v) is 0.971. The van der Waals surface area contributed by atoms with Crippen molar-refractivity contribution in [3.63, 3.8) is 0 Å². The van der Waals surface area contributed by atoms with Crippen LogP contribution in [0, 0.1) is 6.92 Å². The van der Waals surface area contributed by atoms with Gasteiger partial charge in [0.25, 0.3) is 0 Å². The predicted octanol–water partition coefficient (Wildman–Crippen LogP) is 0.328. The molecule has 0 unspecified atom stereocenters. The number of nitrogens with zero attached hydrogens (tertiary/aromatic N) is 2. The van der Waals surface area contributed by atoms with Crippen molar-refractivity contribution in [2.45, 2.75) is 20.4 Å². The molecular formula is C8H13N3O. The first-order chi connectivity index (χ1) is 5.70. The van der Waals surface area contributed by atoms with Gasteiger partial charge in [0.1, 0.15) is 0 Å². The van der Waals surface area contributed by atoms with Crippen LogP contribution in [0.4, 0.5) is 0 Å². The number of nitrogens with one attached hydrogen (secondary N) is 1. The van der Waals surface area contributed by atoms with Crippen molar-refractivity contribution in [2.24, 2.45) is 0 Å². The van der Waals surface area contributed by atoms with Crippen LogP contribution in [0.5, 0.6) is 0 Å². The fourth-order valence-electron chi connectivity index (χ4n) is 0.971. The molecule has 0 saturated carbocycles. The zero-order valence-electron chi connectivity index (χ0n) is 7.37. The van der Waals surface area contributed by atoms with Crippen LogP contribution < -0.4 is 5.32 Å². The first-order valence-corrected chi connectivity index (χ1v) is 3.93. The minimum atomic E-state index is -0.000177. The summed E-state index contributed by atoms with van der Waals surface area (Å²) in [5.41, 5.74) is 1.11. The lowest BCUT2D eigenvalue weighted by Crippen LogP contribution is -2.25. The normalized spacial score (nSPS) is 9.83. The minimum Gasteiger partial charge on any atom is -0.354 e. The SMILES string of the molecule is CC(=O)NCCn1nccc1C. The molecule has 0 aromatic carbocycles. The van der Waals surface area contributed by atoms with E-state index < -0.39 is 0 Å². The highest BCUT2D eigenvalue weighted by Crippen LogP contribution is 1.93. The van der Waals surface area contributed by atoms with Gasteiger partial charge in [-0.15, -0.1) is 0 Å². The summed E-state index contributed by atoms with van der Waals surface area (Å²) in [6.45, 7) is 4.87. The van der Waals surface area contributed by atoms with E-state index in [2.05, 4.69) is 10.4 Å². The monoisotopic (exact) mass is 167 g/mol. The van der Waals surface area contributed by atoms with Gasteiger partial charge in [-0.2, -0.15) is 5.10 Å². The van der Waals surface area contributed by atoms with Crippen LogP contribution >= 0.6 is 0 Å². The molecular weight excluding hydrogens is 154 g/mol. The molecule has 66 valence electrons.